The quantitative estimate of drug-likeness (QED) is 0.644. The molecule has 0 heterocycles. The van der Waals surface area contributed by atoms with Crippen LogP contribution in [-0.4, -0.2) is 0 Å². The van der Waals surface area contributed by atoms with Gasteiger partial charge in [0, 0.05) is 11.4 Å². The van der Waals surface area contributed by atoms with Crippen LogP contribution in [0.1, 0.15) is 11.1 Å². The second kappa shape index (κ2) is 5.84. The zero-order valence-corrected chi connectivity index (χ0v) is 12.4. The summed E-state index contributed by atoms with van der Waals surface area (Å²) in [5.74, 6) is 0. The average Bonchev–Trinajstić information content (AvgIpc) is 2.53. The van der Waals surface area contributed by atoms with Crippen LogP contribution in [0.25, 0.3) is 11.1 Å². The van der Waals surface area contributed by atoms with Gasteiger partial charge >= 0.3 is 0 Å². The molecule has 1 nitrogen and oxygen atoms in total. The van der Waals surface area contributed by atoms with Crippen molar-refractivity contribution < 1.29 is 0 Å². The number of aryl methyl sites for hydroxylation is 2. The lowest BCUT2D eigenvalue weighted by Gasteiger charge is -2.11. The van der Waals surface area contributed by atoms with E-state index in [-0.39, 0.29) is 0 Å². The highest BCUT2D eigenvalue weighted by Crippen LogP contribution is 2.25. The van der Waals surface area contributed by atoms with Crippen LogP contribution in [0.15, 0.2) is 72.8 Å². The third-order valence-electron chi connectivity index (χ3n) is 3.66. The molecule has 3 aromatic carbocycles. The molecule has 0 aliphatic heterocycles. The Labute approximate surface area is 126 Å². The van der Waals surface area contributed by atoms with E-state index in [0.29, 0.717) is 0 Å². The molecule has 104 valence electrons. The van der Waals surface area contributed by atoms with Gasteiger partial charge in [-0.15, -0.1) is 0 Å². The number of hydrogen-bond donors (Lipinski definition) is 1. The van der Waals surface area contributed by atoms with E-state index in [2.05, 4.69) is 85.9 Å². The number of benzene rings is 3. The molecule has 1 N–H and O–H groups in total. The molecule has 0 unspecified atom stereocenters. The number of nitrogens with one attached hydrogen (secondary N) is 1. The van der Waals surface area contributed by atoms with E-state index in [1.54, 1.807) is 0 Å². The summed E-state index contributed by atoms with van der Waals surface area (Å²) in [6.45, 7) is 4.24. The lowest BCUT2D eigenvalue weighted by molar-refractivity contribution is 1.38. The van der Waals surface area contributed by atoms with E-state index in [0.717, 1.165) is 5.69 Å². The second-order valence-corrected chi connectivity index (χ2v) is 5.39. The molecule has 0 fully saturated rings. The van der Waals surface area contributed by atoms with Crippen LogP contribution in [-0.2, 0) is 0 Å². The summed E-state index contributed by atoms with van der Waals surface area (Å²) in [5.41, 5.74) is 7.29. The smallest absolute Gasteiger partial charge is 0.0416 e. The van der Waals surface area contributed by atoms with E-state index >= 15 is 0 Å². The molecular weight excluding hydrogens is 254 g/mol. The van der Waals surface area contributed by atoms with E-state index < -0.39 is 0 Å². The summed E-state index contributed by atoms with van der Waals surface area (Å²) < 4.78 is 0. The van der Waals surface area contributed by atoms with Crippen LogP contribution in [0.5, 0.6) is 0 Å². The molecular formula is C20H19N. The molecule has 0 aliphatic rings. The Kier molecular flexibility index (Phi) is 3.74. The van der Waals surface area contributed by atoms with Crippen molar-refractivity contribution in [3.05, 3.63) is 83.9 Å². The predicted molar refractivity (Wildman–Crippen MR) is 91.1 cm³/mol. The highest BCUT2D eigenvalue weighted by Gasteiger charge is 2.01. The van der Waals surface area contributed by atoms with Crippen LogP contribution in [0.2, 0.25) is 0 Å². The van der Waals surface area contributed by atoms with Crippen LogP contribution in [0.4, 0.5) is 11.4 Å². The van der Waals surface area contributed by atoms with Gasteiger partial charge in [-0.1, -0.05) is 54.6 Å². The number of anilines is 2. The lowest BCUT2D eigenvalue weighted by atomic mass is 10.1. The molecule has 0 amide bonds. The Morgan fingerprint density at radius 2 is 1.33 bits per heavy atom. The Morgan fingerprint density at radius 1 is 0.667 bits per heavy atom. The predicted octanol–water partition coefficient (Wildman–Crippen LogP) is 5.71. The van der Waals surface area contributed by atoms with Gasteiger partial charge in [0.15, 0.2) is 0 Å². The standard InChI is InChI=1S/C20H19N/c1-15-8-9-16(2)20(14-15)21-19-12-10-18(11-13-19)17-6-4-3-5-7-17/h3-14,21H,1-2H3. The zero-order valence-electron chi connectivity index (χ0n) is 12.4. The van der Waals surface area contributed by atoms with Gasteiger partial charge in [0.05, 0.1) is 0 Å². The van der Waals surface area contributed by atoms with Gasteiger partial charge < -0.3 is 5.32 Å². The molecule has 3 rings (SSSR count). The maximum absolute atomic E-state index is 3.49. The Hall–Kier alpha value is -2.54. The van der Waals surface area contributed by atoms with Gasteiger partial charge in [0.25, 0.3) is 0 Å². The van der Waals surface area contributed by atoms with Crippen molar-refractivity contribution >= 4 is 11.4 Å². The van der Waals surface area contributed by atoms with E-state index in [1.807, 2.05) is 6.07 Å². The Morgan fingerprint density at radius 3 is 2.05 bits per heavy atom. The maximum Gasteiger partial charge on any atom is 0.0416 e. The normalized spacial score (nSPS) is 10.4. The van der Waals surface area contributed by atoms with E-state index in [1.165, 1.54) is 27.9 Å². The van der Waals surface area contributed by atoms with Crippen molar-refractivity contribution in [2.45, 2.75) is 13.8 Å². The van der Waals surface area contributed by atoms with Crippen molar-refractivity contribution in [2.75, 3.05) is 5.32 Å². The molecule has 0 radical (unpaired) electrons. The molecule has 0 atom stereocenters. The fourth-order valence-electron chi connectivity index (χ4n) is 2.40. The average molecular weight is 273 g/mol. The van der Waals surface area contributed by atoms with Crippen LogP contribution in [0, 0.1) is 13.8 Å². The van der Waals surface area contributed by atoms with Crippen LogP contribution < -0.4 is 5.32 Å². The first-order valence-electron chi connectivity index (χ1n) is 7.22. The van der Waals surface area contributed by atoms with E-state index in [9.17, 15) is 0 Å². The molecule has 0 bridgehead atoms. The number of hydrogen-bond acceptors (Lipinski definition) is 1. The fourth-order valence-corrected chi connectivity index (χ4v) is 2.40. The molecule has 0 spiro atoms. The molecule has 0 aromatic heterocycles. The number of rotatable bonds is 3. The summed E-state index contributed by atoms with van der Waals surface area (Å²) in [6.07, 6.45) is 0. The minimum atomic E-state index is 1.11. The van der Waals surface area contributed by atoms with Gasteiger partial charge in [-0.25, -0.2) is 0 Å². The first kappa shape index (κ1) is 13.4. The minimum Gasteiger partial charge on any atom is -0.355 e. The molecule has 1 heteroatoms. The van der Waals surface area contributed by atoms with Crippen molar-refractivity contribution in [1.29, 1.82) is 0 Å². The third-order valence-corrected chi connectivity index (χ3v) is 3.66. The van der Waals surface area contributed by atoms with Gasteiger partial charge in [-0.05, 0) is 54.3 Å². The maximum atomic E-state index is 3.49. The largest absolute Gasteiger partial charge is 0.355 e. The molecule has 3 aromatic rings. The monoisotopic (exact) mass is 273 g/mol. The first-order chi connectivity index (χ1) is 10.2. The Balaban J connectivity index is 1.83. The van der Waals surface area contributed by atoms with Gasteiger partial charge in [-0.3, -0.25) is 0 Å². The SMILES string of the molecule is Cc1ccc(C)c(Nc2ccc(-c3ccccc3)cc2)c1. The second-order valence-electron chi connectivity index (χ2n) is 5.39. The van der Waals surface area contributed by atoms with E-state index in [4.69, 9.17) is 0 Å². The van der Waals surface area contributed by atoms with Crippen molar-refractivity contribution in [3.8, 4) is 11.1 Å². The topological polar surface area (TPSA) is 12.0 Å². The molecule has 0 aliphatic carbocycles. The summed E-state index contributed by atoms with van der Waals surface area (Å²) in [7, 11) is 0. The van der Waals surface area contributed by atoms with Crippen LogP contribution in [0.3, 0.4) is 0 Å². The van der Waals surface area contributed by atoms with Crippen LogP contribution >= 0.6 is 0 Å². The summed E-state index contributed by atoms with van der Waals surface area (Å²) in [4.78, 5) is 0. The fraction of sp³-hybridized carbons (Fsp3) is 0.100. The van der Waals surface area contributed by atoms with Gasteiger partial charge in [-0.2, -0.15) is 0 Å². The molecule has 21 heavy (non-hydrogen) atoms. The first-order valence-corrected chi connectivity index (χ1v) is 7.22. The summed E-state index contributed by atoms with van der Waals surface area (Å²) in [5, 5.41) is 3.49. The van der Waals surface area contributed by atoms with Gasteiger partial charge in [0.1, 0.15) is 0 Å². The van der Waals surface area contributed by atoms with Crippen molar-refractivity contribution in [3.63, 3.8) is 0 Å². The Bertz CT molecular complexity index is 728. The summed E-state index contributed by atoms with van der Waals surface area (Å²) in [6, 6.07) is 25.5. The molecule has 0 saturated carbocycles. The molecule has 0 saturated heterocycles. The zero-order chi connectivity index (χ0) is 14.7. The highest BCUT2D eigenvalue weighted by atomic mass is 14.9. The van der Waals surface area contributed by atoms with Crippen molar-refractivity contribution in [2.24, 2.45) is 0 Å². The highest BCUT2D eigenvalue weighted by molar-refractivity contribution is 5.69. The lowest BCUT2D eigenvalue weighted by Crippen LogP contribution is -1.93. The third kappa shape index (κ3) is 3.14. The van der Waals surface area contributed by atoms with Crippen molar-refractivity contribution in [1.82, 2.24) is 0 Å². The summed E-state index contributed by atoms with van der Waals surface area (Å²) >= 11 is 0. The minimum absolute atomic E-state index is 1.11. The van der Waals surface area contributed by atoms with Gasteiger partial charge in [0.2, 0.25) is 0 Å².